The van der Waals surface area contributed by atoms with Crippen molar-refractivity contribution in [3.63, 3.8) is 0 Å². The molecular weight excluding hydrogens is 340 g/mol. The minimum absolute atomic E-state index is 0.172. The van der Waals surface area contributed by atoms with Crippen molar-refractivity contribution < 1.29 is 8.42 Å². The average molecular weight is 361 g/mol. The van der Waals surface area contributed by atoms with Gasteiger partial charge in [-0.05, 0) is 43.9 Å². The molecule has 4 nitrogen and oxygen atoms in total. The molecule has 2 rings (SSSR count). The first-order valence-electron chi connectivity index (χ1n) is 6.95. The molecule has 0 atom stereocenters. The summed E-state index contributed by atoms with van der Waals surface area (Å²) in [4.78, 5) is 0.326. The van der Waals surface area contributed by atoms with E-state index in [1.54, 1.807) is 23.4 Å². The maximum absolute atomic E-state index is 12.9. The summed E-state index contributed by atoms with van der Waals surface area (Å²) in [6, 6.07) is 3.57. The van der Waals surface area contributed by atoms with Crippen molar-refractivity contribution >= 4 is 31.6 Å². The Morgan fingerprint density at radius 1 is 1.40 bits per heavy atom. The van der Waals surface area contributed by atoms with Gasteiger partial charge in [-0.25, -0.2) is 8.42 Å². The molecule has 2 N–H and O–H groups in total. The van der Waals surface area contributed by atoms with Crippen molar-refractivity contribution in [2.75, 3.05) is 12.3 Å². The van der Waals surface area contributed by atoms with Gasteiger partial charge < -0.3 is 5.73 Å². The first kappa shape index (κ1) is 15.8. The highest BCUT2D eigenvalue weighted by molar-refractivity contribution is 9.10. The summed E-state index contributed by atoms with van der Waals surface area (Å²) < 4.78 is 28.1. The molecule has 0 aliphatic heterocycles. The number of nitrogen functional groups attached to an aromatic ring is 1. The quantitative estimate of drug-likeness (QED) is 0.791. The van der Waals surface area contributed by atoms with E-state index in [4.69, 9.17) is 5.73 Å². The predicted molar refractivity (Wildman–Crippen MR) is 85.1 cm³/mol. The van der Waals surface area contributed by atoms with Crippen LogP contribution in [0.2, 0.25) is 0 Å². The minimum atomic E-state index is -3.46. The summed E-state index contributed by atoms with van der Waals surface area (Å²) in [5, 5.41) is 0. The fourth-order valence-electron chi connectivity index (χ4n) is 2.24. The molecule has 1 aromatic rings. The van der Waals surface area contributed by atoms with Gasteiger partial charge in [0, 0.05) is 22.7 Å². The van der Waals surface area contributed by atoms with Crippen molar-refractivity contribution in [3.8, 4) is 0 Å². The van der Waals surface area contributed by atoms with E-state index in [1.165, 1.54) is 0 Å². The van der Waals surface area contributed by atoms with Crippen LogP contribution in [0.1, 0.15) is 38.2 Å². The molecule has 0 bridgehead atoms. The van der Waals surface area contributed by atoms with Gasteiger partial charge in [-0.2, -0.15) is 4.31 Å². The Kier molecular flexibility index (Phi) is 4.76. The number of unbranched alkanes of at least 4 members (excludes halogenated alkanes) is 1. The molecule has 0 aromatic heterocycles. The van der Waals surface area contributed by atoms with Crippen LogP contribution < -0.4 is 5.73 Å². The van der Waals surface area contributed by atoms with E-state index in [2.05, 4.69) is 22.9 Å². The van der Waals surface area contributed by atoms with Gasteiger partial charge in [0.2, 0.25) is 10.0 Å². The second kappa shape index (κ2) is 6.03. The smallest absolute Gasteiger partial charge is 0.243 e. The monoisotopic (exact) mass is 360 g/mol. The summed E-state index contributed by atoms with van der Waals surface area (Å²) in [6.45, 7) is 4.43. The molecule has 1 aliphatic rings. The van der Waals surface area contributed by atoms with Crippen molar-refractivity contribution in [2.24, 2.45) is 0 Å². The summed E-state index contributed by atoms with van der Waals surface area (Å²) in [5.41, 5.74) is 7.04. The Morgan fingerprint density at radius 2 is 2.05 bits per heavy atom. The van der Waals surface area contributed by atoms with Crippen LogP contribution in [0.4, 0.5) is 5.69 Å². The van der Waals surface area contributed by atoms with Gasteiger partial charge in [0.1, 0.15) is 0 Å². The number of anilines is 1. The molecule has 0 unspecified atom stereocenters. The Labute approximate surface area is 129 Å². The van der Waals surface area contributed by atoms with Gasteiger partial charge in [-0.15, -0.1) is 0 Å². The van der Waals surface area contributed by atoms with Crippen LogP contribution >= 0.6 is 15.9 Å². The highest BCUT2D eigenvalue weighted by Crippen LogP contribution is 2.35. The third kappa shape index (κ3) is 3.18. The summed E-state index contributed by atoms with van der Waals surface area (Å²) >= 11 is 3.33. The number of nitrogens with zero attached hydrogens (tertiary/aromatic N) is 1. The third-order valence-electron chi connectivity index (χ3n) is 3.64. The van der Waals surface area contributed by atoms with Crippen LogP contribution in [-0.2, 0) is 10.0 Å². The highest BCUT2D eigenvalue weighted by Gasteiger charge is 2.38. The van der Waals surface area contributed by atoms with Crippen molar-refractivity contribution in [1.82, 2.24) is 4.31 Å². The fraction of sp³-hybridized carbons (Fsp3) is 0.571. The van der Waals surface area contributed by atoms with Crippen molar-refractivity contribution in [3.05, 3.63) is 22.2 Å². The molecule has 1 saturated carbocycles. The number of sulfonamides is 1. The highest BCUT2D eigenvalue weighted by atomic mass is 79.9. The lowest BCUT2D eigenvalue weighted by Crippen LogP contribution is -2.34. The minimum Gasteiger partial charge on any atom is -0.398 e. The molecule has 1 aliphatic carbocycles. The van der Waals surface area contributed by atoms with Gasteiger partial charge >= 0.3 is 0 Å². The number of hydrogen-bond acceptors (Lipinski definition) is 3. The average Bonchev–Trinajstić information content (AvgIpc) is 3.18. The molecule has 6 heteroatoms. The van der Waals surface area contributed by atoms with Gasteiger partial charge in [0.05, 0.1) is 4.90 Å². The van der Waals surface area contributed by atoms with E-state index in [9.17, 15) is 8.42 Å². The van der Waals surface area contributed by atoms with Crippen LogP contribution in [0.3, 0.4) is 0 Å². The van der Waals surface area contributed by atoms with Crippen LogP contribution in [0, 0.1) is 6.92 Å². The molecule has 0 amide bonds. The SMILES string of the molecule is CCCCN(C1CC1)S(=O)(=O)c1cc(Br)cc(N)c1C. The molecule has 0 saturated heterocycles. The Bertz CT molecular complexity index is 597. The second-order valence-corrected chi connectivity index (χ2v) is 8.09. The summed E-state index contributed by atoms with van der Waals surface area (Å²) in [5.74, 6) is 0. The zero-order valence-electron chi connectivity index (χ0n) is 11.9. The topological polar surface area (TPSA) is 63.4 Å². The molecule has 1 fully saturated rings. The lowest BCUT2D eigenvalue weighted by Gasteiger charge is -2.23. The van der Waals surface area contributed by atoms with E-state index in [0.29, 0.717) is 27.2 Å². The van der Waals surface area contributed by atoms with E-state index < -0.39 is 10.0 Å². The number of benzene rings is 1. The van der Waals surface area contributed by atoms with Gasteiger partial charge in [0.25, 0.3) is 0 Å². The maximum Gasteiger partial charge on any atom is 0.243 e. The van der Waals surface area contributed by atoms with E-state index in [-0.39, 0.29) is 6.04 Å². The van der Waals surface area contributed by atoms with Crippen LogP contribution in [0.15, 0.2) is 21.5 Å². The number of hydrogen-bond donors (Lipinski definition) is 1. The molecule has 112 valence electrons. The normalized spacial score (nSPS) is 15.8. The number of rotatable bonds is 6. The van der Waals surface area contributed by atoms with Crippen LogP contribution in [0.25, 0.3) is 0 Å². The fourth-order valence-corrected chi connectivity index (χ4v) is 4.88. The molecule has 0 radical (unpaired) electrons. The molecular formula is C14H21BrN2O2S. The second-order valence-electron chi connectivity index (χ2n) is 5.32. The molecule has 0 heterocycles. The lowest BCUT2D eigenvalue weighted by atomic mass is 10.2. The first-order chi connectivity index (χ1) is 9.37. The number of halogens is 1. The van der Waals surface area contributed by atoms with Crippen molar-refractivity contribution in [2.45, 2.75) is 50.5 Å². The van der Waals surface area contributed by atoms with Gasteiger partial charge in [0.15, 0.2) is 0 Å². The van der Waals surface area contributed by atoms with E-state index in [1.807, 2.05) is 0 Å². The zero-order valence-corrected chi connectivity index (χ0v) is 14.3. The lowest BCUT2D eigenvalue weighted by molar-refractivity contribution is 0.395. The Balaban J connectivity index is 2.42. The molecule has 1 aromatic carbocycles. The number of nitrogens with two attached hydrogens (primary N) is 1. The first-order valence-corrected chi connectivity index (χ1v) is 9.18. The van der Waals surface area contributed by atoms with E-state index >= 15 is 0 Å². The van der Waals surface area contributed by atoms with Gasteiger partial charge in [-0.3, -0.25) is 0 Å². The Hall–Kier alpha value is -0.590. The third-order valence-corrected chi connectivity index (χ3v) is 6.17. The van der Waals surface area contributed by atoms with Crippen LogP contribution in [-0.4, -0.2) is 25.3 Å². The summed E-state index contributed by atoms with van der Waals surface area (Å²) in [6.07, 6.45) is 3.80. The summed E-state index contributed by atoms with van der Waals surface area (Å²) in [7, 11) is -3.46. The molecule has 20 heavy (non-hydrogen) atoms. The van der Waals surface area contributed by atoms with Crippen molar-refractivity contribution in [1.29, 1.82) is 0 Å². The van der Waals surface area contributed by atoms with Crippen LogP contribution in [0.5, 0.6) is 0 Å². The maximum atomic E-state index is 12.9. The predicted octanol–water partition coefficient (Wildman–Crippen LogP) is 3.29. The standard InChI is InChI=1S/C14H21BrN2O2S/c1-3-4-7-17(12-5-6-12)20(18,19)14-9-11(15)8-13(16)10(14)2/h8-9,12H,3-7,16H2,1-2H3. The molecule has 0 spiro atoms. The van der Waals surface area contributed by atoms with Gasteiger partial charge in [-0.1, -0.05) is 29.3 Å². The largest absolute Gasteiger partial charge is 0.398 e. The zero-order chi connectivity index (χ0) is 14.9. The van der Waals surface area contributed by atoms with E-state index in [0.717, 1.165) is 25.7 Å². The Morgan fingerprint density at radius 3 is 2.60 bits per heavy atom.